The lowest BCUT2D eigenvalue weighted by atomic mass is 9.78. The molecule has 0 aromatic heterocycles. The summed E-state index contributed by atoms with van der Waals surface area (Å²) in [6.45, 7) is 12.1. The number of hydrogen-bond acceptors (Lipinski definition) is 3. The maximum absolute atomic E-state index is 6.07. The number of nitrogens with one attached hydrogen (secondary N) is 2. The third-order valence-corrected chi connectivity index (χ3v) is 5.10. The molecule has 0 amide bonds. The number of hydrogen-bond donors (Lipinski definition) is 2. The topological polar surface area (TPSA) is 48.9 Å². The Morgan fingerprint density at radius 2 is 1.96 bits per heavy atom. The highest BCUT2D eigenvalue weighted by atomic mass is 16.5. The summed E-state index contributed by atoms with van der Waals surface area (Å²) in [6, 6.07) is 0. The van der Waals surface area contributed by atoms with E-state index in [2.05, 4.69) is 48.3 Å². The predicted molar refractivity (Wildman–Crippen MR) is 96.9 cm³/mol. The summed E-state index contributed by atoms with van der Waals surface area (Å²) in [7, 11) is 4.05. The highest BCUT2D eigenvalue weighted by Crippen LogP contribution is 2.33. The lowest BCUT2D eigenvalue weighted by molar-refractivity contribution is -0.0835. The minimum atomic E-state index is 0.193. The molecule has 134 valence electrons. The van der Waals surface area contributed by atoms with E-state index >= 15 is 0 Å². The minimum absolute atomic E-state index is 0.193. The molecule has 5 nitrogen and oxygen atoms in total. The molecule has 3 unspecified atom stereocenters. The second kappa shape index (κ2) is 8.34. The molecule has 2 rings (SSSR count). The SMILES string of the molecule is CN=C(NCC1CCN(C)C1)NCC1CCCOC1C(C)(C)C. The van der Waals surface area contributed by atoms with E-state index in [4.69, 9.17) is 4.74 Å². The van der Waals surface area contributed by atoms with Crippen molar-refractivity contribution in [3.63, 3.8) is 0 Å². The van der Waals surface area contributed by atoms with Crippen LogP contribution in [0.3, 0.4) is 0 Å². The molecular formula is C18H36N4O. The van der Waals surface area contributed by atoms with Crippen molar-refractivity contribution in [1.82, 2.24) is 15.5 Å². The molecule has 0 radical (unpaired) electrons. The maximum Gasteiger partial charge on any atom is 0.190 e. The largest absolute Gasteiger partial charge is 0.377 e. The van der Waals surface area contributed by atoms with E-state index in [1.54, 1.807) is 0 Å². The summed E-state index contributed by atoms with van der Waals surface area (Å²) in [6.07, 6.45) is 4.01. The van der Waals surface area contributed by atoms with Crippen LogP contribution in [0.4, 0.5) is 0 Å². The van der Waals surface area contributed by atoms with Gasteiger partial charge in [0.05, 0.1) is 6.10 Å². The quantitative estimate of drug-likeness (QED) is 0.613. The van der Waals surface area contributed by atoms with Crippen molar-refractivity contribution in [2.45, 2.75) is 46.1 Å². The van der Waals surface area contributed by atoms with E-state index in [1.807, 2.05) is 7.05 Å². The molecule has 0 spiro atoms. The number of likely N-dealkylation sites (tertiary alicyclic amines) is 1. The van der Waals surface area contributed by atoms with E-state index in [0.717, 1.165) is 31.6 Å². The number of ether oxygens (including phenoxy) is 1. The standard InChI is InChI=1S/C18H36N4O/c1-18(2,3)16-15(7-6-10-23-16)12-21-17(19-4)20-11-14-8-9-22(5)13-14/h14-16H,6-13H2,1-5H3,(H2,19,20,21). The van der Waals surface area contributed by atoms with Gasteiger partial charge in [0, 0.05) is 39.2 Å². The first-order valence-corrected chi connectivity index (χ1v) is 9.15. The zero-order valence-corrected chi connectivity index (χ0v) is 15.7. The minimum Gasteiger partial charge on any atom is -0.377 e. The van der Waals surface area contributed by atoms with Gasteiger partial charge in [0.25, 0.3) is 0 Å². The zero-order valence-electron chi connectivity index (χ0n) is 15.7. The molecule has 2 fully saturated rings. The van der Waals surface area contributed by atoms with Crippen LogP contribution in [-0.2, 0) is 4.74 Å². The number of aliphatic imine (C=N–C) groups is 1. The van der Waals surface area contributed by atoms with Crippen molar-refractivity contribution in [3.05, 3.63) is 0 Å². The van der Waals surface area contributed by atoms with E-state index in [9.17, 15) is 0 Å². The number of rotatable bonds is 4. The molecule has 0 saturated carbocycles. The molecule has 0 aliphatic carbocycles. The van der Waals surface area contributed by atoms with Gasteiger partial charge in [0.1, 0.15) is 0 Å². The first-order valence-electron chi connectivity index (χ1n) is 9.15. The summed E-state index contributed by atoms with van der Waals surface area (Å²) in [5.41, 5.74) is 0.193. The van der Waals surface area contributed by atoms with Crippen molar-refractivity contribution < 1.29 is 4.74 Å². The fraction of sp³-hybridized carbons (Fsp3) is 0.944. The summed E-state index contributed by atoms with van der Waals surface area (Å²) >= 11 is 0. The van der Waals surface area contributed by atoms with E-state index in [-0.39, 0.29) is 5.41 Å². The average Bonchev–Trinajstić information content (AvgIpc) is 2.92. The Kier molecular flexibility index (Phi) is 6.72. The third kappa shape index (κ3) is 5.64. The maximum atomic E-state index is 6.07. The lowest BCUT2D eigenvalue weighted by Gasteiger charge is -2.40. The van der Waals surface area contributed by atoms with Crippen molar-refractivity contribution in [2.24, 2.45) is 22.2 Å². The second-order valence-corrected chi connectivity index (χ2v) is 8.31. The van der Waals surface area contributed by atoms with Gasteiger partial charge < -0.3 is 20.3 Å². The molecular weight excluding hydrogens is 288 g/mol. The van der Waals surface area contributed by atoms with Crippen LogP contribution in [0.15, 0.2) is 4.99 Å². The fourth-order valence-electron chi connectivity index (χ4n) is 3.89. The molecule has 0 aromatic carbocycles. The van der Waals surface area contributed by atoms with E-state index < -0.39 is 0 Å². The molecule has 0 bridgehead atoms. The van der Waals surface area contributed by atoms with Gasteiger partial charge >= 0.3 is 0 Å². The second-order valence-electron chi connectivity index (χ2n) is 8.31. The van der Waals surface area contributed by atoms with E-state index in [1.165, 1.54) is 32.4 Å². The van der Waals surface area contributed by atoms with Gasteiger partial charge in [-0.1, -0.05) is 20.8 Å². The van der Waals surface area contributed by atoms with E-state index in [0.29, 0.717) is 12.0 Å². The van der Waals surface area contributed by atoms with Crippen LogP contribution < -0.4 is 10.6 Å². The van der Waals surface area contributed by atoms with Gasteiger partial charge in [-0.25, -0.2) is 0 Å². The van der Waals surface area contributed by atoms with Crippen molar-refractivity contribution in [1.29, 1.82) is 0 Å². The van der Waals surface area contributed by atoms with Crippen LogP contribution in [0.1, 0.15) is 40.0 Å². The summed E-state index contributed by atoms with van der Waals surface area (Å²) in [5.74, 6) is 2.22. The molecule has 2 aliphatic rings. The molecule has 3 atom stereocenters. The van der Waals surface area contributed by atoms with Gasteiger partial charge in [-0.15, -0.1) is 0 Å². The molecule has 0 aromatic rings. The summed E-state index contributed by atoms with van der Waals surface area (Å²) in [4.78, 5) is 6.78. The Morgan fingerprint density at radius 3 is 2.57 bits per heavy atom. The van der Waals surface area contributed by atoms with Crippen LogP contribution >= 0.6 is 0 Å². The Morgan fingerprint density at radius 1 is 1.22 bits per heavy atom. The van der Waals surface area contributed by atoms with Crippen LogP contribution in [-0.4, -0.2) is 63.8 Å². The molecule has 5 heteroatoms. The Labute approximate surface area is 142 Å². The van der Waals surface area contributed by atoms with Crippen molar-refractivity contribution in [3.8, 4) is 0 Å². The van der Waals surface area contributed by atoms with Crippen LogP contribution in [0.2, 0.25) is 0 Å². The average molecular weight is 325 g/mol. The predicted octanol–water partition coefficient (Wildman–Crippen LogP) is 1.94. The van der Waals surface area contributed by atoms with Crippen LogP contribution in [0, 0.1) is 17.3 Å². The third-order valence-electron chi connectivity index (χ3n) is 5.10. The first-order chi connectivity index (χ1) is 10.9. The molecule has 2 saturated heterocycles. The van der Waals surface area contributed by atoms with Crippen molar-refractivity contribution >= 4 is 5.96 Å². The lowest BCUT2D eigenvalue weighted by Crippen LogP contribution is -2.48. The molecule has 2 heterocycles. The van der Waals surface area contributed by atoms with Gasteiger partial charge in [0.15, 0.2) is 5.96 Å². The van der Waals surface area contributed by atoms with Gasteiger partial charge in [-0.3, -0.25) is 4.99 Å². The van der Waals surface area contributed by atoms with Crippen LogP contribution in [0.25, 0.3) is 0 Å². The smallest absolute Gasteiger partial charge is 0.190 e. The summed E-state index contributed by atoms with van der Waals surface area (Å²) < 4.78 is 6.07. The first kappa shape index (κ1) is 18.5. The number of nitrogens with zero attached hydrogens (tertiary/aromatic N) is 2. The van der Waals surface area contributed by atoms with Gasteiger partial charge in [-0.05, 0) is 44.2 Å². The summed E-state index contributed by atoms with van der Waals surface area (Å²) in [5, 5.41) is 7.02. The monoisotopic (exact) mass is 324 g/mol. The van der Waals surface area contributed by atoms with Gasteiger partial charge in [0.2, 0.25) is 0 Å². The Bertz CT molecular complexity index is 391. The van der Waals surface area contributed by atoms with Crippen LogP contribution in [0.5, 0.6) is 0 Å². The Hall–Kier alpha value is -0.810. The molecule has 2 N–H and O–H groups in total. The fourth-order valence-corrected chi connectivity index (χ4v) is 3.89. The molecule has 23 heavy (non-hydrogen) atoms. The highest BCUT2D eigenvalue weighted by molar-refractivity contribution is 5.79. The Balaban J connectivity index is 1.77. The molecule has 2 aliphatic heterocycles. The number of guanidine groups is 1. The normalized spacial score (nSPS) is 30.5. The van der Waals surface area contributed by atoms with Crippen molar-refractivity contribution in [2.75, 3.05) is 46.9 Å². The van der Waals surface area contributed by atoms with Gasteiger partial charge in [-0.2, -0.15) is 0 Å². The zero-order chi connectivity index (χ0) is 16.9. The highest BCUT2D eigenvalue weighted by Gasteiger charge is 2.35.